The number of carbonyl (C=O) groups excluding carboxylic acids is 1. The summed E-state index contributed by atoms with van der Waals surface area (Å²) in [7, 11) is 4.02. The van der Waals surface area contributed by atoms with Crippen LogP contribution in [0.3, 0.4) is 0 Å². The number of benzene rings is 1. The number of nitrogens with one attached hydrogen (secondary N) is 3. The Morgan fingerprint density at radius 1 is 1.19 bits per heavy atom. The fourth-order valence-corrected chi connectivity index (χ4v) is 5.41. The third-order valence-corrected chi connectivity index (χ3v) is 7.33. The lowest BCUT2D eigenvalue weighted by Gasteiger charge is -2.34. The Hall–Kier alpha value is -3.21. The third kappa shape index (κ3) is 4.76. The minimum absolute atomic E-state index is 0. The Labute approximate surface area is 220 Å². The highest BCUT2D eigenvalue weighted by atomic mass is 35.5. The molecule has 0 unspecified atom stereocenters. The van der Waals surface area contributed by atoms with Crippen LogP contribution in [0.25, 0.3) is 10.2 Å². The van der Waals surface area contributed by atoms with Gasteiger partial charge < -0.3 is 20.4 Å². The van der Waals surface area contributed by atoms with Gasteiger partial charge in [0.1, 0.15) is 5.82 Å². The summed E-state index contributed by atoms with van der Waals surface area (Å²) in [6.45, 7) is 7.09. The van der Waals surface area contributed by atoms with Gasteiger partial charge in [-0.25, -0.2) is 14.8 Å². The first-order chi connectivity index (χ1) is 16.7. The van der Waals surface area contributed by atoms with Crippen molar-refractivity contribution in [3.8, 4) is 0 Å². The molecule has 0 fully saturated rings. The van der Waals surface area contributed by atoms with Crippen LogP contribution in [-0.2, 0) is 12.1 Å². The van der Waals surface area contributed by atoms with Crippen LogP contribution >= 0.6 is 23.7 Å². The van der Waals surface area contributed by atoms with Gasteiger partial charge in [-0.15, -0.1) is 23.7 Å². The SMILES string of the molecule is Cc1nc(Nc2n[nH]c3c2CN(C(=O)N[C@@H](CN(C)C)c2ccccc2)C3(C)C)c2sccc2n1.Cl. The topological polar surface area (TPSA) is 102 Å². The number of anilines is 2. The fourth-order valence-electron chi connectivity index (χ4n) is 4.63. The van der Waals surface area contributed by atoms with E-state index < -0.39 is 5.54 Å². The highest BCUT2D eigenvalue weighted by Gasteiger charge is 2.44. The molecule has 3 N–H and O–H groups in total. The van der Waals surface area contributed by atoms with Gasteiger partial charge in [0, 0.05) is 12.1 Å². The second-order valence-electron chi connectivity index (χ2n) is 9.63. The van der Waals surface area contributed by atoms with E-state index in [1.807, 2.05) is 81.5 Å². The minimum Gasteiger partial charge on any atom is -0.330 e. The van der Waals surface area contributed by atoms with Crippen molar-refractivity contribution in [3.63, 3.8) is 0 Å². The summed E-state index contributed by atoms with van der Waals surface area (Å²) in [5.41, 5.74) is 3.33. The molecule has 0 bridgehead atoms. The molecule has 4 heterocycles. The molecular weight excluding hydrogens is 496 g/mol. The van der Waals surface area contributed by atoms with Crippen molar-refractivity contribution in [2.24, 2.45) is 0 Å². The molecule has 0 spiro atoms. The molecule has 2 amide bonds. The number of urea groups is 1. The molecule has 190 valence electrons. The van der Waals surface area contributed by atoms with Crippen molar-refractivity contribution >= 4 is 51.6 Å². The number of fused-ring (bicyclic) bond motifs is 2. The van der Waals surface area contributed by atoms with Crippen LogP contribution in [0.5, 0.6) is 0 Å². The number of aromatic amines is 1. The molecule has 36 heavy (non-hydrogen) atoms. The Bertz CT molecular complexity index is 1370. The Morgan fingerprint density at radius 3 is 2.67 bits per heavy atom. The van der Waals surface area contributed by atoms with Crippen LogP contribution in [0.1, 0.15) is 42.5 Å². The maximum Gasteiger partial charge on any atom is 0.319 e. The van der Waals surface area contributed by atoms with Gasteiger partial charge >= 0.3 is 6.03 Å². The van der Waals surface area contributed by atoms with Gasteiger partial charge in [0.15, 0.2) is 11.6 Å². The van der Waals surface area contributed by atoms with Crippen LogP contribution < -0.4 is 10.6 Å². The number of H-pyrrole nitrogens is 1. The molecule has 0 aliphatic carbocycles. The van der Waals surface area contributed by atoms with Gasteiger partial charge in [0.05, 0.1) is 34.0 Å². The monoisotopic (exact) mass is 526 g/mol. The predicted octanol–water partition coefficient (Wildman–Crippen LogP) is 4.95. The molecule has 0 saturated carbocycles. The van der Waals surface area contributed by atoms with E-state index >= 15 is 0 Å². The standard InChI is InChI=1S/C25H30N8OS.ClH/c1-15-26-18-11-12-35-20(18)23(27-15)29-22-17-13-33(25(2,3)21(17)30-31-22)24(34)28-19(14-32(4)5)16-9-7-6-8-10-16;/h6-12,19H,13-14H2,1-5H3,(H,28,34)(H2,26,27,29,30,31);1H/t19-;/m0./s1. The first kappa shape index (κ1) is 25.9. The van der Waals surface area contributed by atoms with Gasteiger partial charge in [-0.3, -0.25) is 5.10 Å². The number of amides is 2. The predicted molar refractivity (Wildman–Crippen MR) is 146 cm³/mol. The summed E-state index contributed by atoms with van der Waals surface area (Å²) in [6, 6.07) is 11.8. The molecule has 5 rings (SSSR count). The van der Waals surface area contributed by atoms with E-state index in [0.717, 1.165) is 32.9 Å². The van der Waals surface area contributed by atoms with Crippen LogP contribution in [0.2, 0.25) is 0 Å². The van der Waals surface area contributed by atoms with Crippen molar-refractivity contribution in [1.29, 1.82) is 0 Å². The number of thiophene rings is 1. The summed E-state index contributed by atoms with van der Waals surface area (Å²) < 4.78 is 0.980. The molecule has 0 radical (unpaired) electrons. The smallest absolute Gasteiger partial charge is 0.319 e. The number of halogens is 1. The fraction of sp³-hybridized carbons (Fsp3) is 0.360. The van der Waals surface area contributed by atoms with Crippen molar-refractivity contribution in [2.75, 3.05) is 26.0 Å². The number of hydrogen-bond acceptors (Lipinski definition) is 7. The Morgan fingerprint density at radius 2 is 1.94 bits per heavy atom. The highest BCUT2D eigenvalue weighted by Crippen LogP contribution is 2.41. The first-order valence-corrected chi connectivity index (χ1v) is 12.5. The molecule has 9 nitrogen and oxygen atoms in total. The molecule has 4 aromatic rings. The highest BCUT2D eigenvalue weighted by molar-refractivity contribution is 7.17. The lowest BCUT2D eigenvalue weighted by molar-refractivity contribution is 0.138. The summed E-state index contributed by atoms with van der Waals surface area (Å²) >= 11 is 1.59. The van der Waals surface area contributed by atoms with Crippen LogP contribution in [0.15, 0.2) is 41.8 Å². The zero-order valence-corrected chi connectivity index (χ0v) is 22.6. The third-order valence-electron chi connectivity index (χ3n) is 6.41. The molecule has 11 heteroatoms. The quantitative estimate of drug-likeness (QED) is 0.328. The van der Waals surface area contributed by atoms with Gasteiger partial charge in [-0.1, -0.05) is 30.3 Å². The number of likely N-dealkylation sites (N-methyl/N-ethyl adjacent to an activating group) is 1. The first-order valence-electron chi connectivity index (χ1n) is 11.6. The summed E-state index contributed by atoms with van der Waals surface area (Å²) in [6.07, 6.45) is 0. The molecule has 0 saturated heterocycles. The molecule has 3 aromatic heterocycles. The van der Waals surface area contributed by atoms with Crippen molar-refractivity contribution < 1.29 is 4.79 Å². The normalized spacial score (nSPS) is 15.0. The maximum absolute atomic E-state index is 13.6. The molecular formula is C25H31ClN8OS. The van der Waals surface area contributed by atoms with Crippen LogP contribution in [-0.4, -0.2) is 56.6 Å². The number of nitrogens with zero attached hydrogens (tertiary/aromatic N) is 5. The second kappa shape index (κ2) is 10.0. The van der Waals surface area contributed by atoms with E-state index in [4.69, 9.17) is 0 Å². The van der Waals surface area contributed by atoms with E-state index in [1.165, 1.54) is 0 Å². The lowest BCUT2D eigenvalue weighted by atomic mass is 10.0. The molecule has 1 atom stereocenters. The average Bonchev–Trinajstić information content (AvgIpc) is 3.50. The number of aryl methyl sites for hydroxylation is 1. The molecule has 1 aromatic carbocycles. The van der Waals surface area contributed by atoms with Crippen LogP contribution in [0.4, 0.5) is 16.4 Å². The van der Waals surface area contributed by atoms with E-state index in [0.29, 0.717) is 24.7 Å². The van der Waals surface area contributed by atoms with Gasteiger partial charge in [0.2, 0.25) is 0 Å². The van der Waals surface area contributed by atoms with Gasteiger partial charge in [-0.2, -0.15) is 5.10 Å². The van der Waals surface area contributed by atoms with E-state index in [1.54, 1.807) is 11.3 Å². The number of hydrogen-bond donors (Lipinski definition) is 3. The summed E-state index contributed by atoms with van der Waals surface area (Å²) in [5, 5.41) is 16.4. The average molecular weight is 527 g/mol. The van der Waals surface area contributed by atoms with Crippen molar-refractivity contribution in [1.82, 2.24) is 35.3 Å². The Balaban J connectivity index is 0.00000304. The number of rotatable bonds is 6. The van der Waals surface area contributed by atoms with Crippen molar-refractivity contribution in [3.05, 3.63) is 64.4 Å². The maximum atomic E-state index is 13.6. The van der Waals surface area contributed by atoms with Gasteiger partial charge in [0.25, 0.3) is 0 Å². The lowest BCUT2D eigenvalue weighted by Crippen LogP contribution is -2.48. The van der Waals surface area contributed by atoms with E-state index in [9.17, 15) is 4.79 Å². The minimum atomic E-state index is -0.550. The summed E-state index contributed by atoms with van der Waals surface area (Å²) in [5.74, 6) is 2.11. The van der Waals surface area contributed by atoms with E-state index in [-0.39, 0.29) is 24.5 Å². The number of carbonyl (C=O) groups is 1. The van der Waals surface area contributed by atoms with Crippen LogP contribution in [0, 0.1) is 6.92 Å². The number of aromatic nitrogens is 4. The van der Waals surface area contributed by atoms with Gasteiger partial charge in [-0.05, 0) is 51.9 Å². The molecule has 1 aliphatic heterocycles. The zero-order valence-electron chi connectivity index (χ0n) is 21.0. The largest absolute Gasteiger partial charge is 0.330 e. The summed E-state index contributed by atoms with van der Waals surface area (Å²) in [4.78, 5) is 26.6. The van der Waals surface area contributed by atoms with E-state index in [2.05, 4.69) is 35.7 Å². The second-order valence-corrected chi connectivity index (χ2v) is 10.5. The molecule has 1 aliphatic rings. The Kier molecular flexibility index (Phi) is 7.21. The zero-order chi connectivity index (χ0) is 24.7. The van der Waals surface area contributed by atoms with Crippen molar-refractivity contribution in [2.45, 2.75) is 38.9 Å².